The van der Waals surface area contributed by atoms with Crippen LogP contribution in [-0.2, 0) is 10.8 Å². The molecule has 1 aliphatic heterocycles. The van der Waals surface area contributed by atoms with Gasteiger partial charge < -0.3 is 4.90 Å². The zero-order valence-electron chi connectivity index (χ0n) is 22.2. The molecule has 4 rings (SSSR count). The van der Waals surface area contributed by atoms with E-state index in [1.165, 1.54) is 22.3 Å². The third kappa shape index (κ3) is 5.85. The average molecular weight is 469 g/mol. The lowest BCUT2D eigenvalue weighted by Crippen LogP contribution is -2.50. The van der Waals surface area contributed by atoms with Gasteiger partial charge in [-0.25, -0.2) is 0 Å². The number of nitrogens with zero attached hydrogens (tertiary/aromatic N) is 2. The van der Waals surface area contributed by atoms with Gasteiger partial charge in [-0.15, -0.1) is 0 Å². The zero-order chi connectivity index (χ0) is 25.2. The third-order valence-electron chi connectivity index (χ3n) is 7.11. The second kappa shape index (κ2) is 9.99. The van der Waals surface area contributed by atoms with E-state index in [1.807, 2.05) is 4.90 Å². The Morgan fingerprint density at radius 1 is 0.657 bits per heavy atom. The fourth-order valence-electron chi connectivity index (χ4n) is 4.87. The van der Waals surface area contributed by atoms with Crippen molar-refractivity contribution in [1.82, 2.24) is 9.80 Å². The van der Waals surface area contributed by atoms with Crippen LogP contribution in [-0.4, -0.2) is 41.9 Å². The van der Waals surface area contributed by atoms with Crippen molar-refractivity contribution < 1.29 is 4.79 Å². The highest BCUT2D eigenvalue weighted by Gasteiger charge is 2.30. The van der Waals surface area contributed by atoms with Gasteiger partial charge >= 0.3 is 0 Å². The van der Waals surface area contributed by atoms with Crippen molar-refractivity contribution in [3.63, 3.8) is 0 Å². The Bertz CT molecular complexity index is 1060. The molecular weight excluding hydrogens is 428 g/mol. The first-order valence-corrected chi connectivity index (χ1v) is 12.8. The topological polar surface area (TPSA) is 23.6 Å². The molecule has 0 aromatic heterocycles. The predicted molar refractivity (Wildman–Crippen MR) is 146 cm³/mol. The molecule has 1 saturated heterocycles. The Kier molecular flexibility index (Phi) is 7.19. The first kappa shape index (κ1) is 25.2. The Morgan fingerprint density at radius 2 is 1.09 bits per heavy atom. The number of benzene rings is 3. The van der Waals surface area contributed by atoms with Crippen molar-refractivity contribution in [2.24, 2.45) is 0 Å². The number of rotatable bonds is 4. The van der Waals surface area contributed by atoms with Gasteiger partial charge in [0.05, 0.1) is 6.04 Å². The lowest BCUT2D eigenvalue weighted by Gasteiger charge is -2.40. The average Bonchev–Trinajstić information content (AvgIpc) is 2.84. The summed E-state index contributed by atoms with van der Waals surface area (Å²) in [5.41, 5.74) is 5.84. The van der Waals surface area contributed by atoms with Crippen molar-refractivity contribution in [3.05, 3.63) is 107 Å². The monoisotopic (exact) mass is 468 g/mol. The van der Waals surface area contributed by atoms with Gasteiger partial charge in [-0.1, -0.05) is 108 Å². The molecular formula is C32H40N2O. The van der Waals surface area contributed by atoms with E-state index < -0.39 is 0 Å². The Balaban J connectivity index is 1.56. The van der Waals surface area contributed by atoms with Crippen molar-refractivity contribution >= 4 is 5.91 Å². The van der Waals surface area contributed by atoms with Gasteiger partial charge in [0.1, 0.15) is 0 Å². The second-order valence-corrected chi connectivity index (χ2v) is 11.9. The lowest BCUT2D eigenvalue weighted by molar-refractivity contribution is 0.0597. The van der Waals surface area contributed by atoms with Crippen molar-refractivity contribution in [2.45, 2.75) is 58.4 Å². The summed E-state index contributed by atoms with van der Waals surface area (Å²) >= 11 is 0. The molecule has 0 N–H and O–H groups in total. The summed E-state index contributed by atoms with van der Waals surface area (Å²) in [5, 5.41) is 0. The van der Waals surface area contributed by atoms with Crippen molar-refractivity contribution in [2.75, 3.05) is 26.2 Å². The number of piperazine rings is 1. The summed E-state index contributed by atoms with van der Waals surface area (Å²) < 4.78 is 0. The van der Waals surface area contributed by atoms with E-state index in [-0.39, 0.29) is 22.8 Å². The summed E-state index contributed by atoms with van der Waals surface area (Å²) in [7, 11) is 0. The lowest BCUT2D eigenvalue weighted by atomic mass is 9.79. The quantitative estimate of drug-likeness (QED) is 0.419. The minimum atomic E-state index is -0.00637. The molecule has 184 valence electrons. The maximum Gasteiger partial charge on any atom is 0.253 e. The maximum absolute atomic E-state index is 13.7. The van der Waals surface area contributed by atoms with Crippen LogP contribution in [0.15, 0.2) is 78.9 Å². The van der Waals surface area contributed by atoms with Crippen molar-refractivity contribution in [1.29, 1.82) is 0 Å². The van der Waals surface area contributed by atoms with E-state index in [9.17, 15) is 4.79 Å². The molecule has 0 unspecified atom stereocenters. The molecule has 0 aliphatic carbocycles. The SMILES string of the molecule is CC(C)(C)c1cc(C(=O)N2CCN(C(c3ccccc3)c3ccccc3)CC2)cc(C(C)(C)C)c1. The van der Waals surface area contributed by atoms with E-state index in [4.69, 9.17) is 0 Å². The normalized spacial score (nSPS) is 15.5. The summed E-state index contributed by atoms with van der Waals surface area (Å²) in [5.74, 6) is 0.150. The summed E-state index contributed by atoms with van der Waals surface area (Å²) in [6.07, 6.45) is 0. The Labute approximate surface area is 211 Å². The molecule has 0 bridgehead atoms. The van der Waals surface area contributed by atoms with Gasteiger partial charge in [-0.2, -0.15) is 0 Å². The number of hydrogen-bond acceptors (Lipinski definition) is 2. The first-order chi connectivity index (χ1) is 16.5. The maximum atomic E-state index is 13.7. The Hall–Kier alpha value is -2.91. The molecule has 3 heteroatoms. The van der Waals surface area contributed by atoms with E-state index in [2.05, 4.69) is 125 Å². The molecule has 0 spiro atoms. The fraction of sp³-hybridized carbons (Fsp3) is 0.406. The molecule has 0 atom stereocenters. The predicted octanol–water partition coefficient (Wildman–Crippen LogP) is 6.83. The standard InChI is InChI=1S/C32H40N2O/c1-31(2,3)27-21-26(22-28(23-27)32(4,5)6)30(35)34-19-17-33(18-20-34)29(24-13-9-7-10-14-24)25-15-11-8-12-16-25/h7-16,21-23,29H,17-20H2,1-6H3. The third-order valence-corrected chi connectivity index (χ3v) is 7.11. The summed E-state index contributed by atoms with van der Waals surface area (Å²) in [6.45, 7) is 16.5. The number of hydrogen-bond donors (Lipinski definition) is 0. The number of amides is 1. The van der Waals surface area contributed by atoms with Crippen LogP contribution in [0.3, 0.4) is 0 Å². The minimum Gasteiger partial charge on any atom is -0.336 e. The van der Waals surface area contributed by atoms with Crippen LogP contribution in [0.5, 0.6) is 0 Å². The van der Waals surface area contributed by atoms with Gasteiger partial charge in [-0.05, 0) is 45.2 Å². The molecule has 3 aromatic rings. The highest BCUT2D eigenvalue weighted by Crippen LogP contribution is 2.32. The summed E-state index contributed by atoms with van der Waals surface area (Å²) in [4.78, 5) is 18.2. The van der Waals surface area contributed by atoms with E-state index in [0.717, 1.165) is 31.7 Å². The summed E-state index contributed by atoms with van der Waals surface area (Å²) in [6, 6.07) is 28.1. The van der Waals surface area contributed by atoms with Crippen LogP contribution in [0.1, 0.15) is 80.2 Å². The molecule has 0 radical (unpaired) electrons. The van der Waals surface area contributed by atoms with Crippen molar-refractivity contribution in [3.8, 4) is 0 Å². The van der Waals surface area contributed by atoms with Crippen LogP contribution in [0.2, 0.25) is 0 Å². The van der Waals surface area contributed by atoms with E-state index in [0.29, 0.717) is 0 Å². The van der Waals surface area contributed by atoms with Gasteiger partial charge in [0, 0.05) is 31.7 Å². The largest absolute Gasteiger partial charge is 0.336 e. The molecule has 35 heavy (non-hydrogen) atoms. The van der Waals surface area contributed by atoms with E-state index in [1.54, 1.807) is 0 Å². The van der Waals surface area contributed by atoms with Crippen LogP contribution < -0.4 is 0 Å². The highest BCUT2D eigenvalue weighted by molar-refractivity contribution is 5.95. The van der Waals surface area contributed by atoms with Gasteiger partial charge in [0.25, 0.3) is 5.91 Å². The zero-order valence-corrected chi connectivity index (χ0v) is 22.2. The highest BCUT2D eigenvalue weighted by atomic mass is 16.2. The van der Waals surface area contributed by atoms with Crippen LogP contribution in [0, 0.1) is 0 Å². The first-order valence-electron chi connectivity index (χ1n) is 12.8. The van der Waals surface area contributed by atoms with Gasteiger partial charge in [-0.3, -0.25) is 9.69 Å². The minimum absolute atomic E-state index is 0.00637. The van der Waals surface area contributed by atoms with Crippen LogP contribution >= 0.6 is 0 Å². The number of carbonyl (C=O) groups is 1. The van der Waals surface area contributed by atoms with Crippen LogP contribution in [0.25, 0.3) is 0 Å². The molecule has 1 aliphatic rings. The fourth-order valence-corrected chi connectivity index (χ4v) is 4.87. The molecule has 1 heterocycles. The number of carbonyl (C=O) groups excluding carboxylic acids is 1. The molecule has 3 nitrogen and oxygen atoms in total. The van der Waals surface area contributed by atoms with E-state index >= 15 is 0 Å². The van der Waals surface area contributed by atoms with Gasteiger partial charge in [0.2, 0.25) is 0 Å². The van der Waals surface area contributed by atoms with Gasteiger partial charge in [0.15, 0.2) is 0 Å². The molecule has 3 aromatic carbocycles. The molecule has 1 fully saturated rings. The smallest absolute Gasteiger partial charge is 0.253 e. The van der Waals surface area contributed by atoms with Crippen LogP contribution in [0.4, 0.5) is 0 Å². The molecule has 1 amide bonds. The Morgan fingerprint density at radius 3 is 1.49 bits per heavy atom. The molecule has 0 saturated carbocycles. The second-order valence-electron chi connectivity index (χ2n) is 11.9.